The first-order valence-electron chi connectivity index (χ1n) is 9.73. The molecule has 0 saturated carbocycles. The first kappa shape index (κ1) is 19.1. The Morgan fingerprint density at radius 2 is 1.59 bits per heavy atom. The van der Waals surface area contributed by atoms with Crippen LogP contribution in [0.5, 0.6) is 0 Å². The second kappa shape index (κ2) is 8.00. The molecule has 1 fully saturated rings. The van der Waals surface area contributed by atoms with Gasteiger partial charge in [0, 0.05) is 55.4 Å². The highest BCUT2D eigenvalue weighted by Gasteiger charge is 2.17. The number of likely N-dealkylation sites (N-methyl/N-ethyl adjacent to an activating group) is 1. The van der Waals surface area contributed by atoms with E-state index >= 15 is 0 Å². The van der Waals surface area contributed by atoms with Crippen molar-refractivity contribution in [2.75, 3.05) is 49.2 Å². The molecule has 3 N–H and O–H groups in total. The van der Waals surface area contributed by atoms with Crippen LogP contribution in [0.4, 0.5) is 23.4 Å². The van der Waals surface area contributed by atoms with Gasteiger partial charge in [-0.25, -0.2) is 15.0 Å². The minimum Gasteiger partial charge on any atom is -0.368 e. The summed E-state index contributed by atoms with van der Waals surface area (Å²) in [5.74, 6) is 1.87. The zero-order valence-corrected chi connectivity index (χ0v) is 17.1. The largest absolute Gasteiger partial charge is 0.368 e. The summed E-state index contributed by atoms with van der Waals surface area (Å²) >= 11 is 0. The quantitative estimate of drug-likeness (QED) is 0.702. The summed E-state index contributed by atoms with van der Waals surface area (Å²) in [4.78, 5) is 22.2. The van der Waals surface area contributed by atoms with E-state index in [1.54, 1.807) is 6.20 Å². The smallest absolute Gasteiger partial charge is 0.227 e. The third kappa shape index (κ3) is 4.27. The summed E-state index contributed by atoms with van der Waals surface area (Å²) in [6.07, 6.45) is 3.62. The molecule has 8 heteroatoms. The van der Waals surface area contributed by atoms with Crippen LogP contribution < -0.4 is 16.0 Å². The summed E-state index contributed by atoms with van der Waals surface area (Å²) < 4.78 is 0. The van der Waals surface area contributed by atoms with Gasteiger partial charge in [-0.05, 0) is 38.6 Å². The molecule has 1 aliphatic rings. The minimum absolute atomic E-state index is 0.279. The van der Waals surface area contributed by atoms with Crippen LogP contribution in [0.2, 0.25) is 0 Å². The van der Waals surface area contributed by atoms with E-state index in [1.165, 1.54) is 0 Å². The average molecular weight is 390 g/mol. The van der Waals surface area contributed by atoms with Crippen LogP contribution in [0.25, 0.3) is 11.3 Å². The van der Waals surface area contributed by atoms with Gasteiger partial charge in [0.2, 0.25) is 11.9 Å². The number of nitrogens with zero attached hydrogens (tertiary/aromatic N) is 6. The first-order chi connectivity index (χ1) is 14.0. The van der Waals surface area contributed by atoms with E-state index in [0.29, 0.717) is 0 Å². The van der Waals surface area contributed by atoms with Gasteiger partial charge in [-0.3, -0.25) is 0 Å². The molecule has 1 aliphatic heterocycles. The van der Waals surface area contributed by atoms with Crippen LogP contribution in [0.3, 0.4) is 0 Å². The van der Waals surface area contributed by atoms with Crippen molar-refractivity contribution in [1.82, 2.24) is 24.8 Å². The normalized spacial score (nSPS) is 14.8. The number of nitrogens with two attached hydrogens (primary N) is 1. The van der Waals surface area contributed by atoms with E-state index in [-0.39, 0.29) is 5.95 Å². The Balaban J connectivity index is 1.53. The molecule has 8 nitrogen and oxygen atoms in total. The Kier molecular flexibility index (Phi) is 5.26. The lowest BCUT2D eigenvalue weighted by atomic mass is 10.1. The van der Waals surface area contributed by atoms with Crippen molar-refractivity contribution in [2.45, 2.75) is 13.8 Å². The van der Waals surface area contributed by atoms with Gasteiger partial charge >= 0.3 is 0 Å². The monoisotopic (exact) mass is 390 g/mol. The fraction of sp³-hybridized carbons (Fsp3) is 0.333. The first-order valence-corrected chi connectivity index (χ1v) is 9.73. The Morgan fingerprint density at radius 3 is 2.31 bits per heavy atom. The highest BCUT2D eigenvalue weighted by atomic mass is 15.3. The van der Waals surface area contributed by atoms with Gasteiger partial charge in [-0.1, -0.05) is 12.1 Å². The number of anilines is 4. The molecule has 0 spiro atoms. The fourth-order valence-electron chi connectivity index (χ4n) is 3.31. The third-order valence-corrected chi connectivity index (χ3v) is 5.16. The topological polar surface area (TPSA) is 96.1 Å². The number of hydrogen-bond donors (Lipinski definition) is 2. The average Bonchev–Trinajstić information content (AvgIpc) is 2.73. The number of aryl methyl sites for hydroxylation is 2. The predicted molar refractivity (Wildman–Crippen MR) is 116 cm³/mol. The molecule has 3 aromatic rings. The van der Waals surface area contributed by atoms with Gasteiger partial charge in [0.05, 0.1) is 5.69 Å². The summed E-state index contributed by atoms with van der Waals surface area (Å²) in [5.41, 5.74) is 10.5. The lowest BCUT2D eigenvalue weighted by Gasteiger charge is -2.32. The molecular formula is C21H26N8. The van der Waals surface area contributed by atoms with Gasteiger partial charge in [0.25, 0.3) is 0 Å². The van der Waals surface area contributed by atoms with Crippen LogP contribution >= 0.6 is 0 Å². The number of nitrogen functional groups attached to an aromatic ring is 1. The Labute approximate surface area is 170 Å². The van der Waals surface area contributed by atoms with E-state index in [1.807, 2.05) is 44.3 Å². The lowest BCUT2D eigenvalue weighted by molar-refractivity contribution is 0.311. The molecule has 0 atom stereocenters. The van der Waals surface area contributed by atoms with Crippen LogP contribution in [0.15, 0.2) is 36.7 Å². The Morgan fingerprint density at radius 1 is 0.897 bits per heavy atom. The molecule has 2 aromatic heterocycles. The number of aromatic nitrogens is 4. The van der Waals surface area contributed by atoms with Gasteiger partial charge in [-0.15, -0.1) is 0 Å². The van der Waals surface area contributed by atoms with E-state index in [9.17, 15) is 0 Å². The van der Waals surface area contributed by atoms with Crippen LogP contribution in [-0.2, 0) is 0 Å². The minimum atomic E-state index is 0.279. The highest BCUT2D eigenvalue weighted by molar-refractivity contribution is 5.68. The third-order valence-electron chi connectivity index (χ3n) is 5.16. The summed E-state index contributed by atoms with van der Waals surface area (Å²) in [6.45, 7) is 7.91. The zero-order valence-electron chi connectivity index (χ0n) is 17.1. The van der Waals surface area contributed by atoms with Crippen molar-refractivity contribution >= 4 is 23.4 Å². The summed E-state index contributed by atoms with van der Waals surface area (Å²) in [6, 6.07) is 8.08. The number of hydrogen-bond acceptors (Lipinski definition) is 8. The standard InChI is InChI=1S/C21H26N8/c1-14-12-23-20(22)26-18(14)16-4-6-17(7-5-16)25-19-15(2)13-24-21(27-19)29-10-8-28(3)9-11-29/h4-7,12-13H,8-11H2,1-3H3,(H2,22,23,26)(H,24,25,27). The maximum absolute atomic E-state index is 5.74. The molecule has 0 radical (unpaired) electrons. The van der Waals surface area contributed by atoms with Gasteiger partial charge in [-0.2, -0.15) is 4.98 Å². The predicted octanol–water partition coefficient (Wildman–Crippen LogP) is 2.63. The maximum Gasteiger partial charge on any atom is 0.227 e. The van der Waals surface area contributed by atoms with Crippen molar-refractivity contribution in [3.8, 4) is 11.3 Å². The van der Waals surface area contributed by atoms with Gasteiger partial charge < -0.3 is 20.9 Å². The lowest BCUT2D eigenvalue weighted by Crippen LogP contribution is -2.45. The maximum atomic E-state index is 5.74. The molecule has 0 amide bonds. The SMILES string of the molecule is Cc1cnc(N2CCN(C)CC2)nc1Nc1ccc(-c2nc(N)ncc2C)cc1. The molecule has 1 saturated heterocycles. The molecule has 1 aromatic carbocycles. The molecule has 4 rings (SSSR count). The van der Waals surface area contributed by atoms with E-state index in [0.717, 1.165) is 66.0 Å². The van der Waals surface area contributed by atoms with Crippen molar-refractivity contribution in [2.24, 2.45) is 0 Å². The molecule has 150 valence electrons. The van der Waals surface area contributed by atoms with Gasteiger partial charge in [0.1, 0.15) is 5.82 Å². The van der Waals surface area contributed by atoms with Crippen LogP contribution in [0, 0.1) is 13.8 Å². The molecule has 0 unspecified atom stereocenters. The summed E-state index contributed by atoms with van der Waals surface area (Å²) in [5, 5.41) is 3.42. The summed E-state index contributed by atoms with van der Waals surface area (Å²) in [7, 11) is 2.14. The van der Waals surface area contributed by atoms with Crippen molar-refractivity contribution in [3.05, 3.63) is 47.8 Å². The molecule has 3 heterocycles. The van der Waals surface area contributed by atoms with E-state index < -0.39 is 0 Å². The molecule has 29 heavy (non-hydrogen) atoms. The Hall–Kier alpha value is -3.26. The molecular weight excluding hydrogens is 364 g/mol. The zero-order chi connectivity index (χ0) is 20.4. The second-order valence-corrected chi connectivity index (χ2v) is 7.45. The van der Waals surface area contributed by atoms with Crippen molar-refractivity contribution in [1.29, 1.82) is 0 Å². The van der Waals surface area contributed by atoms with E-state index in [4.69, 9.17) is 10.7 Å². The van der Waals surface area contributed by atoms with E-state index in [2.05, 4.69) is 37.1 Å². The van der Waals surface area contributed by atoms with Crippen molar-refractivity contribution < 1.29 is 0 Å². The van der Waals surface area contributed by atoms with Crippen LogP contribution in [0.1, 0.15) is 11.1 Å². The number of rotatable bonds is 4. The van der Waals surface area contributed by atoms with Crippen LogP contribution in [-0.4, -0.2) is 58.1 Å². The molecule has 0 aliphatic carbocycles. The molecule has 0 bridgehead atoms. The second-order valence-electron chi connectivity index (χ2n) is 7.45. The Bertz CT molecular complexity index is 994. The highest BCUT2D eigenvalue weighted by Crippen LogP contribution is 2.25. The van der Waals surface area contributed by atoms with Crippen molar-refractivity contribution in [3.63, 3.8) is 0 Å². The van der Waals surface area contributed by atoms with Gasteiger partial charge in [0.15, 0.2) is 0 Å². The number of piperazine rings is 1. The number of nitrogens with one attached hydrogen (secondary N) is 1. The fourth-order valence-corrected chi connectivity index (χ4v) is 3.31. The number of benzene rings is 1.